The van der Waals surface area contributed by atoms with E-state index in [4.69, 9.17) is 5.26 Å². The van der Waals surface area contributed by atoms with Gasteiger partial charge in [-0.2, -0.15) is 5.26 Å². The van der Waals surface area contributed by atoms with E-state index in [9.17, 15) is 4.79 Å². The predicted molar refractivity (Wildman–Crippen MR) is 75.1 cm³/mol. The second-order valence-electron chi connectivity index (χ2n) is 3.86. The Labute approximate surface area is 113 Å². The van der Waals surface area contributed by atoms with Gasteiger partial charge >= 0.3 is 0 Å². The van der Waals surface area contributed by atoms with Crippen molar-refractivity contribution in [1.29, 1.82) is 5.26 Å². The first-order chi connectivity index (χ1) is 9.27. The lowest BCUT2D eigenvalue weighted by atomic mass is 10.1. The molecule has 98 valence electrons. The van der Waals surface area contributed by atoms with Crippen molar-refractivity contribution in [2.24, 2.45) is 0 Å². The van der Waals surface area contributed by atoms with Crippen molar-refractivity contribution in [3.63, 3.8) is 0 Å². The Hall–Kier alpha value is -2.54. The zero-order chi connectivity index (χ0) is 13.9. The topological polar surface area (TPSA) is 64.9 Å². The first-order valence-corrected chi connectivity index (χ1v) is 6.04. The van der Waals surface area contributed by atoms with Crippen molar-refractivity contribution in [1.82, 2.24) is 10.6 Å². The third-order valence-electron chi connectivity index (χ3n) is 2.42. The summed E-state index contributed by atoms with van der Waals surface area (Å²) in [5.74, 6) is -0.366. The average Bonchev–Trinajstić information content (AvgIpc) is 2.44. The van der Waals surface area contributed by atoms with Crippen LogP contribution >= 0.6 is 0 Å². The van der Waals surface area contributed by atoms with Crippen LogP contribution in [0.4, 0.5) is 0 Å². The molecule has 19 heavy (non-hydrogen) atoms. The summed E-state index contributed by atoms with van der Waals surface area (Å²) in [6.45, 7) is 4.56. The minimum absolute atomic E-state index is 0.0647. The van der Waals surface area contributed by atoms with E-state index >= 15 is 0 Å². The number of benzene rings is 1. The highest BCUT2D eigenvalue weighted by Crippen LogP contribution is 1.98. The van der Waals surface area contributed by atoms with Gasteiger partial charge in [0.05, 0.1) is 0 Å². The van der Waals surface area contributed by atoms with E-state index in [2.05, 4.69) is 17.2 Å². The number of nitriles is 1. The summed E-state index contributed by atoms with van der Waals surface area (Å²) >= 11 is 0. The van der Waals surface area contributed by atoms with Crippen LogP contribution in [0.15, 0.2) is 54.8 Å². The highest BCUT2D eigenvalue weighted by atomic mass is 16.1. The lowest BCUT2D eigenvalue weighted by molar-refractivity contribution is -0.117. The van der Waals surface area contributed by atoms with E-state index in [1.807, 2.05) is 36.4 Å². The Morgan fingerprint density at radius 2 is 2.11 bits per heavy atom. The zero-order valence-electron chi connectivity index (χ0n) is 10.7. The van der Waals surface area contributed by atoms with E-state index < -0.39 is 0 Å². The molecule has 0 spiro atoms. The molecule has 0 aliphatic heterocycles. The maximum absolute atomic E-state index is 11.7. The van der Waals surface area contributed by atoms with Crippen LogP contribution in [0.3, 0.4) is 0 Å². The molecule has 0 saturated heterocycles. The number of hydrogen-bond donors (Lipinski definition) is 2. The molecule has 0 heterocycles. The fourth-order valence-electron chi connectivity index (χ4n) is 1.45. The number of rotatable bonds is 7. The van der Waals surface area contributed by atoms with Crippen LogP contribution in [0.1, 0.15) is 5.56 Å². The minimum Gasteiger partial charge on any atom is -0.386 e. The van der Waals surface area contributed by atoms with Crippen molar-refractivity contribution < 1.29 is 4.79 Å². The summed E-state index contributed by atoms with van der Waals surface area (Å²) in [4.78, 5) is 11.7. The van der Waals surface area contributed by atoms with Crippen LogP contribution in [-0.2, 0) is 11.2 Å². The maximum Gasteiger partial charge on any atom is 0.263 e. The van der Waals surface area contributed by atoms with Crippen LogP contribution in [0.25, 0.3) is 0 Å². The first kappa shape index (κ1) is 14.5. The molecule has 1 aromatic rings. The average molecular weight is 255 g/mol. The minimum atomic E-state index is -0.366. The van der Waals surface area contributed by atoms with Crippen LogP contribution in [0.5, 0.6) is 0 Å². The van der Waals surface area contributed by atoms with Gasteiger partial charge in [0.1, 0.15) is 11.6 Å². The van der Waals surface area contributed by atoms with Gasteiger partial charge in [0.2, 0.25) is 0 Å². The molecule has 0 saturated carbocycles. The van der Waals surface area contributed by atoms with Gasteiger partial charge in [0.25, 0.3) is 5.91 Å². The Bertz CT molecular complexity index is 486. The zero-order valence-corrected chi connectivity index (χ0v) is 10.7. The largest absolute Gasteiger partial charge is 0.386 e. The smallest absolute Gasteiger partial charge is 0.263 e. The van der Waals surface area contributed by atoms with Gasteiger partial charge in [-0.3, -0.25) is 4.79 Å². The SMILES string of the molecule is C=CCN/C=C(/C#N)C(=O)NCCc1ccccc1. The molecule has 1 rings (SSSR count). The van der Waals surface area contributed by atoms with E-state index in [1.54, 1.807) is 6.08 Å². The molecule has 1 amide bonds. The van der Waals surface area contributed by atoms with Gasteiger partial charge in [0.15, 0.2) is 0 Å². The standard InChI is InChI=1S/C15H17N3O/c1-2-9-17-12-14(11-16)15(19)18-10-8-13-6-4-3-5-7-13/h2-7,12,17H,1,8-10H2,(H,18,19)/b14-12-. The molecule has 0 bridgehead atoms. The van der Waals surface area contributed by atoms with Gasteiger partial charge < -0.3 is 10.6 Å². The van der Waals surface area contributed by atoms with Crippen LogP contribution in [-0.4, -0.2) is 19.0 Å². The normalized spacial score (nSPS) is 10.4. The van der Waals surface area contributed by atoms with Crippen LogP contribution < -0.4 is 10.6 Å². The first-order valence-electron chi connectivity index (χ1n) is 6.04. The molecule has 0 aliphatic rings. The van der Waals surface area contributed by atoms with E-state index in [-0.39, 0.29) is 11.5 Å². The van der Waals surface area contributed by atoms with E-state index in [0.29, 0.717) is 13.1 Å². The van der Waals surface area contributed by atoms with Crippen molar-refractivity contribution in [3.05, 3.63) is 60.3 Å². The van der Waals surface area contributed by atoms with Gasteiger partial charge in [-0.05, 0) is 12.0 Å². The molecule has 4 nitrogen and oxygen atoms in total. The summed E-state index contributed by atoms with van der Waals surface area (Å²) < 4.78 is 0. The Morgan fingerprint density at radius 3 is 2.74 bits per heavy atom. The Balaban J connectivity index is 2.39. The third-order valence-corrected chi connectivity index (χ3v) is 2.42. The van der Waals surface area contributed by atoms with Gasteiger partial charge in [-0.25, -0.2) is 0 Å². The predicted octanol–water partition coefficient (Wildman–Crippen LogP) is 1.53. The maximum atomic E-state index is 11.7. The highest BCUT2D eigenvalue weighted by Gasteiger charge is 2.07. The summed E-state index contributed by atoms with van der Waals surface area (Å²) in [5, 5.41) is 14.4. The van der Waals surface area contributed by atoms with Crippen LogP contribution in [0.2, 0.25) is 0 Å². The lowest BCUT2D eigenvalue weighted by Crippen LogP contribution is -2.27. The molecule has 0 fully saturated rings. The Kier molecular flexibility index (Phi) is 6.52. The second kappa shape index (κ2) is 8.54. The molecule has 0 unspecified atom stereocenters. The molecular weight excluding hydrogens is 238 g/mol. The number of carbonyl (C=O) groups is 1. The van der Waals surface area contributed by atoms with Crippen molar-refractivity contribution >= 4 is 5.91 Å². The summed E-state index contributed by atoms with van der Waals surface area (Å²) in [7, 11) is 0. The second-order valence-corrected chi connectivity index (χ2v) is 3.86. The number of amides is 1. The van der Waals surface area contributed by atoms with Gasteiger partial charge in [-0.15, -0.1) is 6.58 Å². The number of carbonyl (C=O) groups excluding carboxylic acids is 1. The third kappa shape index (κ3) is 5.55. The van der Waals surface area contributed by atoms with E-state index in [1.165, 1.54) is 6.20 Å². The quantitative estimate of drug-likeness (QED) is 0.336. The molecule has 0 radical (unpaired) electrons. The molecule has 0 atom stereocenters. The molecule has 0 aromatic heterocycles. The molecular formula is C15H17N3O. The summed E-state index contributed by atoms with van der Waals surface area (Å²) in [6, 6.07) is 11.7. The molecule has 2 N–H and O–H groups in total. The Morgan fingerprint density at radius 1 is 1.37 bits per heavy atom. The lowest BCUT2D eigenvalue weighted by Gasteiger charge is -2.04. The fraction of sp³-hybridized carbons (Fsp3) is 0.200. The summed E-state index contributed by atoms with van der Waals surface area (Å²) in [6.07, 6.45) is 3.80. The summed E-state index contributed by atoms with van der Waals surface area (Å²) in [5.41, 5.74) is 1.21. The van der Waals surface area contributed by atoms with Crippen LogP contribution in [0, 0.1) is 11.3 Å². The highest BCUT2D eigenvalue weighted by molar-refractivity contribution is 5.97. The fourth-order valence-corrected chi connectivity index (χ4v) is 1.45. The number of hydrogen-bond acceptors (Lipinski definition) is 3. The van der Waals surface area contributed by atoms with Crippen molar-refractivity contribution in [3.8, 4) is 6.07 Å². The monoisotopic (exact) mass is 255 g/mol. The van der Waals surface area contributed by atoms with Crippen molar-refractivity contribution in [2.45, 2.75) is 6.42 Å². The van der Waals surface area contributed by atoms with Gasteiger partial charge in [0, 0.05) is 19.3 Å². The molecule has 1 aromatic carbocycles. The number of nitrogens with one attached hydrogen (secondary N) is 2. The molecule has 0 aliphatic carbocycles. The number of nitrogens with zero attached hydrogens (tertiary/aromatic N) is 1. The van der Waals surface area contributed by atoms with Gasteiger partial charge in [-0.1, -0.05) is 36.4 Å². The van der Waals surface area contributed by atoms with E-state index in [0.717, 1.165) is 12.0 Å². The van der Waals surface area contributed by atoms with Crippen molar-refractivity contribution in [2.75, 3.05) is 13.1 Å². The molecule has 4 heteroatoms.